The lowest BCUT2D eigenvalue weighted by Gasteiger charge is -2.18. The van der Waals surface area contributed by atoms with Gasteiger partial charge in [-0.3, -0.25) is 14.5 Å². The third kappa shape index (κ3) is 4.03. The second-order valence-corrected chi connectivity index (χ2v) is 4.50. The average Bonchev–Trinajstić information content (AvgIpc) is 2.88. The third-order valence-corrected chi connectivity index (χ3v) is 2.97. The Morgan fingerprint density at radius 2 is 1.76 bits per heavy atom. The summed E-state index contributed by atoms with van der Waals surface area (Å²) in [5, 5.41) is 0. The number of nitrogens with zero attached hydrogens (tertiary/aromatic N) is 2. The van der Waals surface area contributed by atoms with Gasteiger partial charge >= 0.3 is 11.9 Å². The normalized spacial score (nSPS) is 10.8. The van der Waals surface area contributed by atoms with Crippen LogP contribution in [0.15, 0.2) is 24.3 Å². The van der Waals surface area contributed by atoms with Crippen molar-refractivity contribution in [3.63, 3.8) is 0 Å². The van der Waals surface area contributed by atoms with E-state index in [1.54, 1.807) is 4.90 Å². The maximum atomic E-state index is 11.4. The molecule has 2 aromatic rings. The Labute approximate surface area is 121 Å². The van der Waals surface area contributed by atoms with Gasteiger partial charge in [0.15, 0.2) is 0 Å². The Hall–Kier alpha value is -2.41. The second kappa shape index (κ2) is 6.85. The van der Waals surface area contributed by atoms with Crippen molar-refractivity contribution in [1.29, 1.82) is 0 Å². The molecule has 112 valence electrons. The zero-order chi connectivity index (χ0) is 15.2. The molecule has 0 aliphatic heterocycles. The molecule has 0 unspecified atom stereocenters. The number of aromatic nitrogens is 2. The fraction of sp³-hybridized carbons (Fsp3) is 0.357. The third-order valence-electron chi connectivity index (χ3n) is 2.97. The lowest BCUT2D eigenvalue weighted by atomic mass is 10.3. The summed E-state index contributed by atoms with van der Waals surface area (Å²) in [5.41, 5.74) is 1.74. The molecule has 1 heterocycles. The molecule has 1 aromatic heterocycles. The molecule has 0 atom stereocenters. The Morgan fingerprint density at radius 3 is 2.33 bits per heavy atom. The predicted molar refractivity (Wildman–Crippen MR) is 75.4 cm³/mol. The Morgan fingerprint density at radius 1 is 1.14 bits per heavy atom. The molecule has 0 amide bonds. The first kappa shape index (κ1) is 15.0. The predicted octanol–water partition coefficient (Wildman–Crippen LogP) is 0.711. The summed E-state index contributed by atoms with van der Waals surface area (Å²) >= 11 is 0. The zero-order valence-corrected chi connectivity index (χ0v) is 12.0. The molecular weight excluding hydrogens is 274 g/mol. The lowest BCUT2D eigenvalue weighted by molar-refractivity contribution is -0.145. The number of hydrogen-bond donors (Lipinski definition) is 1. The standard InChI is InChI=1S/C14H17N3O4/c1-20-13(18)8-17(9-14(19)21-2)7-12-15-10-5-3-4-6-11(10)16-12/h3-6H,7-9H2,1-2H3,(H,15,16). The molecule has 21 heavy (non-hydrogen) atoms. The lowest BCUT2D eigenvalue weighted by Crippen LogP contribution is -2.35. The summed E-state index contributed by atoms with van der Waals surface area (Å²) in [5.74, 6) is -0.172. The van der Waals surface area contributed by atoms with Crippen LogP contribution < -0.4 is 0 Å². The number of carbonyl (C=O) groups excluding carboxylic acids is 2. The number of hydrogen-bond acceptors (Lipinski definition) is 6. The Bertz CT molecular complexity index is 587. The maximum absolute atomic E-state index is 11.4. The van der Waals surface area contributed by atoms with Gasteiger partial charge in [-0.2, -0.15) is 0 Å². The van der Waals surface area contributed by atoms with Crippen molar-refractivity contribution in [1.82, 2.24) is 14.9 Å². The number of esters is 2. The van der Waals surface area contributed by atoms with Gasteiger partial charge in [0.1, 0.15) is 5.82 Å². The molecule has 0 saturated carbocycles. The number of rotatable bonds is 6. The quantitative estimate of drug-likeness (QED) is 0.789. The summed E-state index contributed by atoms with van der Waals surface area (Å²) in [7, 11) is 2.61. The van der Waals surface area contributed by atoms with Crippen molar-refractivity contribution in [3.05, 3.63) is 30.1 Å². The highest BCUT2D eigenvalue weighted by molar-refractivity contribution is 5.76. The van der Waals surface area contributed by atoms with Crippen LogP contribution in [0, 0.1) is 0 Å². The molecule has 7 heteroatoms. The molecule has 0 bridgehead atoms. The van der Waals surface area contributed by atoms with E-state index in [0.29, 0.717) is 12.4 Å². The number of fused-ring (bicyclic) bond motifs is 1. The molecule has 1 N–H and O–H groups in total. The topological polar surface area (TPSA) is 84.5 Å². The van der Waals surface area contributed by atoms with Gasteiger partial charge in [0.2, 0.25) is 0 Å². The molecule has 0 aliphatic carbocycles. The van der Waals surface area contributed by atoms with Crippen molar-refractivity contribution in [2.24, 2.45) is 0 Å². The van der Waals surface area contributed by atoms with Crippen LogP contribution in [0.2, 0.25) is 0 Å². The van der Waals surface area contributed by atoms with Gasteiger partial charge in [-0.05, 0) is 12.1 Å². The number of methoxy groups -OCH3 is 2. The van der Waals surface area contributed by atoms with E-state index >= 15 is 0 Å². The zero-order valence-electron chi connectivity index (χ0n) is 12.0. The van der Waals surface area contributed by atoms with Crippen molar-refractivity contribution >= 4 is 23.0 Å². The minimum Gasteiger partial charge on any atom is -0.468 e. The van der Waals surface area contributed by atoms with E-state index in [4.69, 9.17) is 0 Å². The molecule has 0 spiro atoms. The Balaban J connectivity index is 2.12. The molecule has 0 saturated heterocycles. The first-order valence-electron chi connectivity index (χ1n) is 6.42. The van der Waals surface area contributed by atoms with Crippen LogP contribution in [0.4, 0.5) is 0 Å². The van der Waals surface area contributed by atoms with E-state index in [1.165, 1.54) is 14.2 Å². The van der Waals surface area contributed by atoms with E-state index in [0.717, 1.165) is 11.0 Å². The molecule has 0 aliphatic rings. The smallest absolute Gasteiger partial charge is 0.319 e. The molecule has 2 rings (SSSR count). The number of para-hydroxylation sites is 2. The maximum Gasteiger partial charge on any atom is 0.319 e. The highest BCUT2D eigenvalue weighted by Crippen LogP contribution is 2.11. The number of aromatic amines is 1. The highest BCUT2D eigenvalue weighted by Gasteiger charge is 2.17. The van der Waals surface area contributed by atoms with E-state index in [9.17, 15) is 9.59 Å². The minimum atomic E-state index is -0.421. The van der Waals surface area contributed by atoms with Gasteiger partial charge in [-0.15, -0.1) is 0 Å². The second-order valence-electron chi connectivity index (χ2n) is 4.50. The van der Waals surface area contributed by atoms with Crippen molar-refractivity contribution in [2.45, 2.75) is 6.54 Å². The highest BCUT2D eigenvalue weighted by atomic mass is 16.5. The minimum absolute atomic E-state index is 0.0113. The average molecular weight is 291 g/mol. The van der Waals surface area contributed by atoms with Gasteiger partial charge in [0.05, 0.1) is 44.9 Å². The summed E-state index contributed by atoms with van der Waals surface area (Å²) in [6.45, 7) is 0.296. The van der Waals surface area contributed by atoms with Crippen LogP contribution in [-0.4, -0.2) is 54.1 Å². The van der Waals surface area contributed by atoms with Crippen molar-refractivity contribution < 1.29 is 19.1 Å². The number of benzene rings is 1. The monoisotopic (exact) mass is 291 g/mol. The Kier molecular flexibility index (Phi) is 4.89. The molecular formula is C14H17N3O4. The molecule has 1 aromatic carbocycles. The fourth-order valence-electron chi connectivity index (χ4n) is 1.95. The van der Waals surface area contributed by atoms with E-state index in [-0.39, 0.29) is 13.1 Å². The largest absolute Gasteiger partial charge is 0.468 e. The molecule has 0 fully saturated rings. The van der Waals surface area contributed by atoms with Gasteiger partial charge in [-0.25, -0.2) is 4.98 Å². The summed E-state index contributed by atoms with van der Waals surface area (Å²) in [6, 6.07) is 7.61. The van der Waals surface area contributed by atoms with Crippen LogP contribution in [0.25, 0.3) is 11.0 Å². The number of nitrogens with one attached hydrogen (secondary N) is 1. The van der Waals surface area contributed by atoms with Crippen molar-refractivity contribution in [2.75, 3.05) is 27.3 Å². The summed E-state index contributed by atoms with van der Waals surface area (Å²) < 4.78 is 9.26. The van der Waals surface area contributed by atoms with E-state index in [2.05, 4.69) is 19.4 Å². The van der Waals surface area contributed by atoms with Crippen LogP contribution in [0.5, 0.6) is 0 Å². The first-order chi connectivity index (χ1) is 10.1. The van der Waals surface area contributed by atoms with Crippen LogP contribution >= 0.6 is 0 Å². The number of ether oxygens (including phenoxy) is 2. The van der Waals surface area contributed by atoms with Gasteiger partial charge in [0.25, 0.3) is 0 Å². The van der Waals surface area contributed by atoms with Crippen LogP contribution in [0.3, 0.4) is 0 Å². The number of imidazole rings is 1. The first-order valence-corrected chi connectivity index (χ1v) is 6.42. The van der Waals surface area contributed by atoms with E-state index < -0.39 is 11.9 Å². The molecule has 7 nitrogen and oxygen atoms in total. The van der Waals surface area contributed by atoms with Gasteiger partial charge in [-0.1, -0.05) is 12.1 Å². The van der Waals surface area contributed by atoms with Crippen molar-refractivity contribution in [3.8, 4) is 0 Å². The summed E-state index contributed by atoms with van der Waals surface area (Å²) in [4.78, 5) is 32.0. The van der Waals surface area contributed by atoms with Crippen LogP contribution in [0.1, 0.15) is 5.82 Å². The number of H-pyrrole nitrogens is 1. The van der Waals surface area contributed by atoms with Crippen LogP contribution in [-0.2, 0) is 25.6 Å². The SMILES string of the molecule is COC(=O)CN(CC(=O)OC)Cc1nc2ccccc2[nH]1. The number of carbonyl (C=O) groups is 2. The summed E-state index contributed by atoms with van der Waals surface area (Å²) in [6.07, 6.45) is 0. The van der Waals surface area contributed by atoms with E-state index in [1.807, 2.05) is 24.3 Å². The van der Waals surface area contributed by atoms with Gasteiger partial charge < -0.3 is 14.5 Å². The fourth-order valence-corrected chi connectivity index (χ4v) is 1.95. The van der Waals surface area contributed by atoms with Gasteiger partial charge in [0, 0.05) is 0 Å². The molecule has 0 radical (unpaired) electrons.